The first-order chi connectivity index (χ1) is 6.74. The van der Waals surface area contributed by atoms with Gasteiger partial charge in [-0.2, -0.15) is 0 Å². The summed E-state index contributed by atoms with van der Waals surface area (Å²) in [7, 11) is 0. The fourth-order valence-corrected chi connectivity index (χ4v) is 1.42. The van der Waals surface area contributed by atoms with Gasteiger partial charge >= 0.3 is 0 Å². The molecule has 0 aromatic heterocycles. The van der Waals surface area contributed by atoms with E-state index in [0.717, 1.165) is 25.0 Å². The van der Waals surface area contributed by atoms with E-state index in [0.29, 0.717) is 5.92 Å². The van der Waals surface area contributed by atoms with Gasteiger partial charge in [0.2, 0.25) is 0 Å². The van der Waals surface area contributed by atoms with Crippen molar-refractivity contribution in [3.8, 4) is 0 Å². The van der Waals surface area contributed by atoms with Crippen molar-refractivity contribution in [2.24, 2.45) is 11.8 Å². The monoisotopic (exact) mass is 200 g/mol. The SMILES string of the molecule is CC.CC1CCC(C=O)CC1.CCC. The second-order valence-corrected chi connectivity index (χ2v) is 3.86. The molecule has 0 amide bonds. The molecule has 0 aromatic rings. The van der Waals surface area contributed by atoms with E-state index < -0.39 is 0 Å². The van der Waals surface area contributed by atoms with Crippen LogP contribution in [0.3, 0.4) is 0 Å². The average molecular weight is 200 g/mol. The van der Waals surface area contributed by atoms with Gasteiger partial charge in [-0.05, 0) is 18.8 Å². The molecule has 1 fully saturated rings. The first kappa shape index (κ1) is 16.1. The van der Waals surface area contributed by atoms with Gasteiger partial charge in [0.25, 0.3) is 0 Å². The Hall–Kier alpha value is -0.330. The van der Waals surface area contributed by atoms with Gasteiger partial charge in [-0.25, -0.2) is 0 Å². The van der Waals surface area contributed by atoms with Crippen LogP contribution < -0.4 is 0 Å². The molecule has 0 unspecified atom stereocenters. The van der Waals surface area contributed by atoms with Crippen LogP contribution in [0.4, 0.5) is 0 Å². The molecular weight excluding hydrogens is 172 g/mol. The van der Waals surface area contributed by atoms with Crippen molar-refractivity contribution in [3.63, 3.8) is 0 Å². The molecule has 0 bridgehead atoms. The highest BCUT2D eigenvalue weighted by molar-refractivity contribution is 5.53. The van der Waals surface area contributed by atoms with E-state index in [1.807, 2.05) is 13.8 Å². The zero-order valence-corrected chi connectivity index (χ0v) is 10.7. The van der Waals surface area contributed by atoms with E-state index in [1.165, 1.54) is 19.3 Å². The van der Waals surface area contributed by atoms with Crippen molar-refractivity contribution >= 4 is 6.29 Å². The predicted octanol–water partition coefficient (Wildman–Crippen LogP) is 4.45. The van der Waals surface area contributed by atoms with Gasteiger partial charge in [-0.1, -0.05) is 53.9 Å². The molecule has 0 radical (unpaired) electrons. The molecule has 1 aliphatic carbocycles. The molecule has 1 nitrogen and oxygen atoms in total. The maximum Gasteiger partial charge on any atom is 0.123 e. The molecule has 14 heavy (non-hydrogen) atoms. The lowest BCUT2D eigenvalue weighted by Crippen LogP contribution is -2.12. The molecule has 1 aliphatic rings. The molecule has 0 spiro atoms. The Balaban J connectivity index is 0. The summed E-state index contributed by atoms with van der Waals surface area (Å²) in [5, 5.41) is 0. The van der Waals surface area contributed by atoms with Gasteiger partial charge in [-0.3, -0.25) is 0 Å². The van der Waals surface area contributed by atoms with Gasteiger partial charge in [0.05, 0.1) is 0 Å². The Bertz CT molecular complexity index is 102. The predicted molar refractivity (Wildman–Crippen MR) is 64.5 cm³/mol. The third-order valence-corrected chi connectivity index (χ3v) is 2.25. The maximum absolute atomic E-state index is 10.3. The lowest BCUT2D eigenvalue weighted by molar-refractivity contribution is -0.112. The molecule has 0 aromatic carbocycles. The quantitative estimate of drug-likeness (QED) is 0.571. The third kappa shape index (κ3) is 9.76. The summed E-state index contributed by atoms with van der Waals surface area (Å²) in [5.74, 6) is 1.25. The van der Waals surface area contributed by atoms with Gasteiger partial charge in [0.1, 0.15) is 6.29 Å². The van der Waals surface area contributed by atoms with Crippen LogP contribution in [0.25, 0.3) is 0 Å². The third-order valence-electron chi connectivity index (χ3n) is 2.25. The summed E-state index contributed by atoms with van der Waals surface area (Å²) >= 11 is 0. The van der Waals surface area contributed by atoms with Crippen molar-refractivity contribution in [2.75, 3.05) is 0 Å². The summed E-state index contributed by atoms with van der Waals surface area (Å²) in [4.78, 5) is 10.3. The van der Waals surface area contributed by atoms with Crippen LogP contribution in [0.5, 0.6) is 0 Å². The maximum atomic E-state index is 10.3. The van der Waals surface area contributed by atoms with E-state index in [2.05, 4.69) is 20.8 Å². The largest absolute Gasteiger partial charge is 0.303 e. The van der Waals surface area contributed by atoms with Gasteiger partial charge in [0, 0.05) is 5.92 Å². The summed E-state index contributed by atoms with van der Waals surface area (Å²) < 4.78 is 0. The summed E-state index contributed by atoms with van der Waals surface area (Å²) in [5.41, 5.74) is 0. The Morgan fingerprint density at radius 3 is 1.71 bits per heavy atom. The topological polar surface area (TPSA) is 17.1 Å². The Morgan fingerprint density at radius 1 is 1.07 bits per heavy atom. The number of carbonyl (C=O) groups is 1. The van der Waals surface area contributed by atoms with Crippen LogP contribution in [0, 0.1) is 11.8 Å². The molecule has 1 saturated carbocycles. The van der Waals surface area contributed by atoms with E-state index in [4.69, 9.17) is 0 Å². The van der Waals surface area contributed by atoms with E-state index in [-0.39, 0.29) is 0 Å². The van der Waals surface area contributed by atoms with E-state index in [9.17, 15) is 4.79 Å². The fourth-order valence-electron chi connectivity index (χ4n) is 1.42. The smallest absolute Gasteiger partial charge is 0.123 e. The van der Waals surface area contributed by atoms with E-state index >= 15 is 0 Å². The lowest BCUT2D eigenvalue weighted by Gasteiger charge is -2.21. The van der Waals surface area contributed by atoms with Gasteiger partial charge in [0.15, 0.2) is 0 Å². The van der Waals surface area contributed by atoms with Crippen LogP contribution >= 0.6 is 0 Å². The number of hydrogen-bond donors (Lipinski definition) is 0. The normalized spacial score (nSPS) is 24.9. The molecule has 1 rings (SSSR count). The van der Waals surface area contributed by atoms with Crippen LogP contribution in [0.15, 0.2) is 0 Å². The van der Waals surface area contributed by atoms with Crippen molar-refractivity contribution in [2.45, 2.75) is 66.7 Å². The minimum absolute atomic E-state index is 0.390. The second kappa shape index (κ2) is 12.7. The molecule has 0 aliphatic heterocycles. The first-order valence-corrected chi connectivity index (χ1v) is 6.19. The second-order valence-electron chi connectivity index (χ2n) is 3.86. The Labute approximate surface area is 90.3 Å². The number of rotatable bonds is 1. The molecule has 1 heteroatoms. The Morgan fingerprint density at radius 2 is 1.43 bits per heavy atom. The molecular formula is C13H28O. The minimum atomic E-state index is 0.390. The summed E-state index contributed by atoms with van der Waals surface area (Å²) in [6, 6.07) is 0. The lowest BCUT2D eigenvalue weighted by atomic mass is 9.84. The standard InChI is InChI=1S/C8H14O.C3H8.C2H6/c1-7-2-4-8(6-9)5-3-7;1-3-2;1-2/h6-8H,2-5H2,1H3;3H2,1-2H3;1-2H3. The summed E-state index contributed by atoms with van der Waals surface area (Å²) in [6.45, 7) is 10.5. The zero-order chi connectivity index (χ0) is 11.4. The molecule has 0 atom stereocenters. The highest BCUT2D eigenvalue weighted by atomic mass is 16.1. The first-order valence-electron chi connectivity index (χ1n) is 6.19. The molecule has 86 valence electrons. The van der Waals surface area contributed by atoms with Crippen molar-refractivity contribution in [3.05, 3.63) is 0 Å². The highest BCUT2D eigenvalue weighted by Gasteiger charge is 2.16. The Kier molecular flexibility index (Phi) is 14.6. The van der Waals surface area contributed by atoms with Crippen LogP contribution in [0.1, 0.15) is 66.7 Å². The number of hydrogen-bond acceptors (Lipinski definition) is 1. The van der Waals surface area contributed by atoms with Crippen molar-refractivity contribution in [1.29, 1.82) is 0 Å². The van der Waals surface area contributed by atoms with Crippen molar-refractivity contribution < 1.29 is 4.79 Å². The molecule has 0 saturated heterocycles. The van der Waals surface area contributed by atoms with Crippen molar-refractivity contribution in [1.82, 2.24) is 0 Å². The minimum Gasteiger partial charge on any atom is -0.303 e. The van der Waals surface area contributed by atoms with Gasteiger partial charge in [-0.15, -0.1) is 0 Å². The van der Waals surface area contributed by atoms with Crippen LogP contribution in [0.2, 0.25) is 0 Å². The highest BCUT2D eigenvalue weighted by Crippen LogP contribution is 2.26. The van der Waals surface area contributed by atoms with Gasteiger partial charge < -0.3 is 4.79 Å². The molecule has 0 heterocycles. The molecule has 0 N–H and O–H groups in total. The van der Waals surface area contributed by atoms with Crippen LogP contribution in [-0.4, -0.2) is 6.29 Å². The average Bonchev–Trinajstić information content (AvgIpc) is 2.23. The van der Waals surface area contributed by atoms with Crippen LogP contribution in [-0.2, 0) is 4.79 Å². The van der Waals surface area contributed by atoms with E-state index in [1.54, 1.807) is 0 Å². The zero-order valence-electron chi connectivity index (χ0n) is 10.7. The number of aldehydes is 1. The number of carbonyl (C=O) groups excluding carboxylic acids is 1. The summed E-state index contributed by atoms with van der Waals surface area (Å²) in [6.07, 6.45) is 7.13. The fraction of sp³-hybridized carbons (Fsp3) is 0.923.